The average molecular weight is 412 g/mol. The first kappa shape index (κ1) is 17.1. The van der Waals surface area contributed by atoms with Crippen molar-refractivity contribution in [2.45, 2.75) is 19.4 Å². The van der Waals surface area contributed by atoms with Gasteiger partial charge in [0.25, 0.3) is 0 Å². The van der Waals surface area contributed by atoms with Gasteiger partial charge >= 0.3 is 0 Å². The van der Waals surface area contributed by atoms with Crippen LogP contribution in [-0.2, 0) is 6.54 Å². The SMILES string of the molecule is O=C(c1ccccn1)c1cc(Br)ccc1-n1cnnc1CN1CCCC1. The third-order valence-electron chi connectivity index (χ3n) is 4.54. The summed E-state index contributed by atoms with van der Waals surface area (Å²) in [4.78, 5) is 19.6. The third-order valence-corrected chi connectivity index (χ3v) is 5.04. The summed E-state index contributed by atoms with van der Waals surface area (Å²) in [7, 11) is 0. The number of ketones is 1. The molecule has 0 N–H and O–H groups in total. The zero-order valence-electron chi connectivity index (χ0n) is 14.2. The summed E-state index contributed by atoms with van der Waals surface area (Å²) in [5.41, 5.74) is 1.75. The van der Waals surface area contributed by atoms with E-state index >= 15 is 0 Å². The summed E-state index contributed by atoms with van der Waals surface area (Å²) >= 11 is 3.47. The molecule has 0 aliphatic carbocycles. The van der Waals surface area contributed by atoms with E-state index in [4.69, 9.17) is 0 Å². The van der Waals surface area contributed by atoms with Gasteiger partial charge in [-0.15, -0.1) is 10.2 Å². The highest BCUT2D eigenvalue weighted by Crippen LogP contribution is 2.24. The highest BCUT2D eigenvalue weighted by atomic mass is 79.9. The highest BCUT2D eigenvalue weighted by molar-refractivity contribution is 9.10. The smallest absolute Gasteiger partial charge is 0.213 e. The van der Waals surface area contributed by atoms with Gasteiger partial charge in [0.1, 0.15) is 12.0 Å². The highest BCUT2D eigenvalue weighted by Gasteiger charge is 2.20. The minimum absolute atomic E-state index is 0.122. The number of hydrogen-bond acceptors (Lipinski definition) is 5. The predicted octanol–water partition coefficient (Wildman–Crippen LogP) is 3.25. The predicted molar refractivity (Wildman–Crippen MR) is 101 cm³/mol. The first-order valence-corrected chi connectivity index (χ1v) is 9.38. The molecule has 1 saturated heterocycles. The van der Waals surface area contributed by atoms with Crippen LogP contribution in [-0.4, -0.2) is 43.5 Å². The van der Waals surface area contributed by atoms with E-state index in [0.717, 1.165) is 35.6 Å². The normalized spacial score (nSPS) is 14.7. The summed E-state index contributed by atoms with van der Waals surface area (Å²) < 4.78 is 2.75. The minimum Gasteiger partial charge on any atom is -0.296 e. The fraction of sp³-hybridized carbons (Fsp3) is 0.263. The lowest BCUT2D eigenvalue weighted by Crippen LogP contribution is -2.21. The largest absolute Gasteiger partial charge is 0.296 e. The van der Waals surface area contributed by atoms with Crippen LogP contribution in [0.15, 0.2) is 53.4 Å². The van der Waals surface area contributed by atoms with Crippen LogP contribution < -0.4 is 0 Å². The van der Waals surface area contributed by atoms with Crippen LogP contribution in [0.5, 0.6) is 0 Å². The Morgan fingerprint density at radius 1 is 1.15 bits per heavy atom. The molecule has 0 amide bonds. The molecule has 0 atom stereocenters. The van der Waals surface area contributed by atoms with Gasteiger partial charge < -0.3 is 0 Å². The molecule has 1 aromatic carbocycles. The number of benzene rings is 1. The maximum absolute atomic E-state index is 13.0. The van der Waals surface area contributed by atoms with Gasteiger partial charge in [-0.05, 0) is 56.3 Å². The van der Waals surface area contributed by atoms with Gasteiger partial charge in [-0.25, -0.2) is 0 Å². The summed E-state index contributed by atoms with van der Waals surface area (Å²) in [6, 6.07) is 11.0. The lowest BCUT2D eigenvalue weighted by atomic mass is 10.1. The molecule has 7 heteroatoms. The van der Waals surface area contributed by atoms with Crippen LogP contribution in [0.3, 0.4) is 0 Å². The Morgan fingerprint density at radius 2 is 2.00 bits per heavy atom. The van der Waals surface area contributed by atoms with Crippen LogP contribution in [0.1, 0.15) is 34.7 Å². The molecule has 1 fully saturated rings. The van der Waals surface area contributed by atoms with Crippen molar-refractivity contribution in [2.75, 3.05) is 13.1 Å². The molecule has 132 valence electrons. The van der Waals surface area contributed by atoms with E-state index in [0.29, 0.717) is 11.3 Å². The Morgan fingerprint density at radius 3 is 2.77 bits per heavy atom. The summed E-state index contributed by atoms with van der Waals surface area (Å²) in [5, 5.41) is 8.37. The topological polar surface area (TPSA) is 63.9 Å². The van der Waals surface area contributed by atoms with E-state index in [2.05, 4.69) is 36.0 Å². The Balaban J connectivity index is 1.74. The summed E-state index contributed by atoms with van der Waals surface area (Å²) in [6.45, 7) is 2.88. The molecule has 1 aliphatic heterocycles. The molecule has 0 spiro atoms. The van der Waals surface area contributed by atoms with E-state index in [1.807, 2.05) is 28.8 Å². The van der Waals surface area contributed by atoms with Crippen LogP contribution in [0.2, 0.25) is 0 Å². The Kier molecular flexibility index (Phi) is 4.90. The molecule has 0 saturated carbocycles. The molecular weight excluding hydrogens is 394 g/mol. The number of pyridine rings is 1. The lowest BCUT2D eigenvalue weighted by molar-refractivity contribution is 0.103. The van der Waals surface area contributed by atoms with Crippen molar-refractivity contribution in [3.05, 3.63) is 70.5 Å². The van der Waals surface area contributed by atoms with Gasteiger partial charge in [0.15, 0.2) is 5.82 Å². The quantitative estimate of drug-likeness (QED) is 0.602. The number of hydrogen-bond donors (Lipinski definition) is 0. The molecular formula is C19H18BrN5O. The van der Waals surface area contributed by atoms with Crippen molar-refractivity contribution in [1.29, 1.82) is 0 Å². The van der Waals surface area contributed by atoms with Crippen molar-refractivity contribution in [1.82, 2.24) is 24.6 Å². The molecule has 1 aliphatic rings. The first-order chi connectivity index (χ1) is 12.7. The molecule has 0 unspecified atom stereocenters. The van der Waals surface area contributed by atoms with Crippen LogP contribution in [0.25, 0.3) is 5.69 Å². The number of rotatable bonds is 5. The van der Waals surface area contributed by atoms with Gasteiger partial charge in [-0.1, -0.05) is 22.0 Å². The third kappa shape index (κ3) is 3.45. The second kappa shape index (κ2) is 7.47. The van der Waals surface area contributed by atoms with Crippen molar-refractivity contribution in [3.63, 3.8) is 0 Å². The zero-order valence-corrected chi connectivity index (χ0v) is 15.8. The Labute approximate surface area is 160 Å². The second-order valence-electron chi connectivity index (χ2n) is 6.31. The van der Waals surface area contributed by atoms with Crippen molar-refractivity contribution < 1.29 is 4.79 Å². The molecule has 6 nitrogen and oxygen atoms in total. The van der Waals surface area contributed by atoms with Crippen LogP contribution >= 0.6 is 15.9 Å². The van der Waals surface area contributed by atoms with Crippen LogP contribution in [0.4, 0.5) is 0 Å². The number of aromatic nitrogens is 4. The maximum atomic E-state index is 13.0. The number of carbonyl (C=O) groups is 1. The molecule has 2 aromatic heterocycles. The lowest BCUT2D eigenvalue weighted by Gasteiger charge is -2.16. The molecule has 3 aromatic rings. The molecule has 3 heterocycles. The van der Waals surface area contributed by atoms with E-state index in [-0.39, 0.29) is 5.78 Å². The molecule has 26 heavy (non-hydrogen) atoms. The first-order valence-electron chi connectivity index (χ1n) is 8.59. The fourth-order valence-electron chi connectivity index (χ4n) is 3.24. The van der Waals surface area contributed by atoms with E-state index in [1.165, 1.54) is 12.8 Å². The molecule has 0 bridgehead atoms. The maximum Gasteiger partial charge on any atom is 0.213 e. The van der Waals surface area contributed by atoms with Gasteiger partial charge in [0, 0.05) is 16.2 Å². The van der Waals surface area contributed by atoms with E-state index < -0.39 is 0 Å². The summed E-state index contributed by atoms with van der Waals surface area (Å²) in [5.74, 6) is 0.715. The molecule has 0 radical (unpaired) electrons. The van der Waals surface area contributed by atoms with Gasteiger partial charge in [-0.3, -0.25) is 19.2 Å². The van der Waals surface area contributed by atoms with E-state index in [9.17, 15) is 4.79 Å². The standard InChI is InChI=1S/C19H18BrN5O/c20-14-6-7-17(15(11-14)19(26)16-5-1-2-8-21-16)25-13-22-23-18(25)12-24-9-3-4-10-24/h1-2,5-8,11,13H,3-4,9-10,12H2. The van der Waals surface area contributed by atoms with Gasteiger partial charge in [0.2, 0.25) is 5.78 Å². The minimum atomic E-state index is -0.122. The van der Waals surface area contributed by atoms with E-state index in [1.54, 1.807) is 24.7 Å². The van der Waals surface area contributed by atoms with Crippen LogP contribution in [0, 0.1) is 0 Å². The average Bonchev–Trinajstić information content (AvgIpc) is 3.34. The number of carbonyl (C=O) groups excluding carboxylic acids is 1. The summed E-state index contributed by atoms with van der Waals surface area (Å²) in [6.07, 6.45) is 5.73. The molecule has 4 rings (SSSR count). The van der Waals surface area contributed by atoms with Gasteiger partial charge in [-0.2, -0.15) is 0 Å². The van der Waals surface area contributed by atoms with Crippen molar-refractivity contribution in [2.24, 2.45) is 0 Å². The number of halogens is 1. The fourth-order valence-corrected chi connectivity index (χ4v) is 3.61. The number of likely N-dealkylation sites (tertiary alicyclic amines) is 1. The Hall–Kier alpha value is -2.38. The van der Waals surface area contributed by atoms with Crippen molar-refractivity contribution in [3.8, 4) is 5.69 Å². The van der Waals surface area contributed by atoms with Gasteiger partial charge in [0.05, 0.1) is 12.2 Å². The monoisotopic (exact) mass is 411 g/mol. The Bertz CT molecular complexity index is 919. The second-order valence-corrected chi connectivity index (χ2v) is 7.22. The number of nitrogens with zero attached hydrogens (tertiary/aromatic N) is 5. The zero-order chi connectivity index (χ0) is 17.9. The van der Waals surface area contributed by atoms with Crippen molar-refractivity contribution >= 4 is 21.7 Å².